The van der Waals surface area contributed by atoms with E-state index in [0.717, 1.165) is 37.1 Å². The van der Waals surface area contributed by atoms with Crippen LogP contribution in [0.3, 0.4) is 0 Å². The van der Waals surface area contributed by atoms with Gasteiger partial charge in [-0.2, -0.15) is 5.10 Å². The van der Waals surface area contributed by atoms with E-state index >= 15 is 0 Å². The van der Waals surface area contributed by atoms with Crippen LogP contribution in [0.2, 0.25) is 0 Å². The normalized spacial score (nSPS) is 23.0. The Morgan fingerprint density at radius 3 is 2.71 bits per heavy atom. The first-order valence-electron chi connectivity index (χ1n) is 9.07. The van der Waals surface area contributed by atoms with Crippen LogP contribution >= 0.6 is 0 Å². The van der Waals surface area contributed by atoms with Crippen LogP contribution in [0.4, 0.5) is 0 Å². The molecule has 4 rings (SSSR count). The van der Waals surface area contributed by atoms with Gasteiger partial charge in [0.05, 0.1) is 11.4 Å². The monoisotopic (exact) mass is 325 g/mol. The summed E-state index contributed by atoms with van der Waals surface area (Å²) in [5.41, 5.74) is 3.62. The number of nitrogens with zero attached hydrogens (tertiary/aromatic N) is 4. The van der Waals surface area contributed by atoms with Gasteiger partial charge in [0.2, 0.25) is 0 Å². The smallest absolute Gasteiger partial charge is 0.0645 e. The number of rotatable bonds is 4. The summed E-state index contributed by atoms with van der Waals surface area (Å²) in [4.78, 5) is 5.25. The third-order valence-electron chi connectivity index (χ3n) is 5.33. The van der Waals surface area contributed by atoms with Gasteiger partial charge < -0.3 is 5.32 Å². The fourth-order valence-electron chi connectivity index (χ4n) is 3.91. The minimum atomic E-state index is 0.733. The molecule has 128 valence electrons. The zero-order valence-electron chi connectivity index (χ0n) is 14.5. The van der Waals surface area contributed by atoms with Crippen molar-refractivity contribution in [3.8, 4) is 5.69 Å². The van der Waals surface area contributed by atoms with Gasteiger partial charge in [0.25, 0.3) is 0 Å². The third-order valence-corrected chi connectivity index (χ3v) is 5.33. The summed E-state index contributed by atoms with van der Waals surface area (Å²) in [6.07, 6.45) is 3.49. The first-order valence-corrected chi connectivity index (χ1v) is 9.07. The van der Waals surface area contributed by atoms with Gasteiger partial charge in [-0.15, -0.1) is 0 Å². The highest BCUT2D eigenvalue weighted by Gasteiger charge is 2.28. The lowest BCUT2D eigenvalue weighted by Gasteiger charge is -2.32. The topological polar surface area (TPSA) is 36.3 Å². The van der Waals surface area contributed by atoms with Crippen LogP contribution in [0, 0.1) is 6.92 Å². The lowest BCUT2D eigenvalue weighted by Crippen LogP contribution is -2.49. The molecule has 1 unspecified atom stereocenters. The van der Waals surface area contributed by atoms with E-state index in [9.17, 15) is 0 Å². The van der Waals surface area contributed by atoms with Crippen molar-refractivity contribution >= 4 is 0 Å². The Morgan fingerprint density at radius 2 is 1.92 bits per heavy atom. The number of aromatic nitrogens is 2. The zero-order chi connectivity index (χ0) is 16.4. The lowest BCUT2D eigenvalue weighted by atomic mass is 10.2. The van der Waals surface area contributed by atoms with E-state index < -0.39 is 0 Å². The maximum Gasteiger partial charge on any atom is 0.0645 e. The molecule has 0 spiro atoms. The molecular weight excluding hydrogens is 298 g/mol. The maximum absolute atomic E-state index is 4.70. The summed E-state index contributed by atoms with van der Waals surface area (Å²) >= 11 is 0. The Labute approximate surface area is 144 Å². The van der Waals surface area contributed by atoms with Gasteiger partial charge in [0.1, 0.15) is 0 Å². The second-order valence-corrected chi connectivity index (χ2v) is 6.98. The van der Waals surface area contributed by atoms with Gasteiger partial charge in [-0.25, -0.2) is 4.68 Å². The summed E-state index contributed by atoms with van der Waals surface area (Å²) < 4.78 is 2.01. The third kappa shape index (κ3) is 3.38. The summed E-state index contributed by atoms with van der Waals surface area (Å²) in [6, 6.07) is 11.1. The van der Waals surface area contributed by atoms with Crippen molar-refractivity contribution < 1.29 is 0 Å². The van der Waals surface area contributed by atoms with Crippen molar-refractivity contribution in [1.82, 2.24) is 24.9 Å². The second-order valence-electron chi connectivity index (χ2n) is 6.98. The number of para-hydroxylation sites is 1. The van der Waals surface area contributed by atoms with Gasteiger partial charge in [0.15, 0.2) is 0 Å². The quantitative estimate of drug-likeness (QED) is 0.927. The van der Waals surface area contributed by atoms with Crippen molar-refractivity contribution in [3.05, 3.63) is 47.8 Å². The highest BCUT2D eigenvalue weighted by molar-refractivity contribution is 5.32. The molecule has 5 nitrogen and oxygen atoms in total. The fourth-order valence-corrected chi connectivity index (χ4v) is 3.91. The summed E-state index contributed by atoms with van der Waals surface area (Å²) in [5.74, 6) is 0. The molecule has 5 heteroatoms. The molecule has 3 heterocycles. The van der Waals surface area contributed by atoms with E-state index in [1.165, 1.54) is 38.2 Å². The SMILES string of the molecule is Cc1nn(-c2ccccc2)cc1CN1CCC(N2CCNCC2)C1. The number of benzene rings is 1. The molecule has 1 aromatic heterocycles. The van der Waals surface area contributed by atoms with Gasteiger partial charge >= 0.3 is 0 Å². The highest BCUT2D eigenvalue weighted by Crippen LogP contribution is 2.20. The van der Waals surface area contributed by atoms with Gasteiger partial charge in [-0.1, -0.05) is 18.2 Å². The molecule has 0 bridgehead atoms. The highest BCUT2D eigenvalue weighted by atomic mass is 15.3. The largest absolute Gasteiger partial charge is 0.314 e. The number of hydrogen-bond acceptors (Lipinski definition) is 4. The van der Waals surface area contributed by atoms with E-state index in [-0.39, 0.29) is 0 Å². The zero-order valence-corrected chi connectivity index (χ0v) is 14.5. The van der Waals surface area contributed by atoms with E-state index in [1.54, 1.807) is 0 Å². The number of likely N-dealkylation sites (tertiary alicyclic amines) is 1. The molecule has 0 aliphatic carbocycles. The number of nitrogens with one attached hydrogen (secondary N) is 1. The number of piperazine rings is 1. The first-order chi connectivity index (χ1) is 11.8. The van der Waals surface area contributed by atoms with Crippen LogP contribution in [-0.4, -0.2) is 64.9 Å². The molecule has 2 aliphatic rings. The first kappa shape index (κ1) is 15.8. The molecule has 24 heavy (non-hydrogen) atoms. The van der Waals surface area contributed by atoms with Gasteiger partial charge in [-0.05, 0) is 25.5 Å². The average Bonchev–Trinajstić information content (AvgIpc) is 3.24. The molecule has 2 aliphatic heterocycles. The predicted molar refractivity (Wildman–Crippen MR) is 96.4 cm³/mol. The Bertz CT molecular complexity index is 660. The molecule has 2 aromatic rings. The average molecular weight is 325 g/mol. The van der Waals surface area contributed by atoms with Gasteiger partial charge in [0, 0.05) is 63.6 Å². The standard InChI is InChI=1S/C19H27N5/c1-16-17(14-24(21-16)18-5-3-2-4-6-18)13-22-10-7-19(15-22)23-11-8-20-9-12-23/h2-6,14,19-20H,7-13,15H2,1H3. The van der Waals surface area contributed by atoms with E-state index in [2.05, 4.69) is 52.5 Å². The summed E-state index contributed by atoms with van der Waals surface area (Å²) in [6.45, 7) is 10.2. The van der Waals surface area contributed by atoms with Crippen LogP contribution in [-0.2, 0) is 6.54 Å². The minimum absolute atomic E-state index is 0.733. The van der Waals surface area contributed by atoms with Gasteiger partial charge in [-0.3, -0.25) is 9.80 Å². The summed E-state index contributed by atoms with van der Waals surface area (Å²) in [7, 11) is 0. The predicted octanol–water partition coefficient (Wildman–Crippen LogP) is 1.66. The molecule has 1 aromatic carbocycles. The van der Waals surface area contributed by atoms with Crippen molar-refractivity contribution in [2.75, 3.05) is 39.3 Å². The van der Waals surface area contributed by atoms with E-state index in [4.69, 9.17) is 5.10 Å². The van der Waals surface area contributed by atoms with E-state index in [0.29, 0.717) is 0 Å². The Balaban J connectivity index is 1.40. The molecule has 0 radical (unpaired) electrons. The molecule has 1 atom stereocenters. The van der Waals surface area contributed by atoms with Crippen LogP contribution in [0.1, 0.15) is 17.7 Å². The van der Waals surface area contributed by atoms with E-state index in [1.807, 2.05) is 10.7 Å². The number of hydrogen-bond donors (Lipinski definition) is 1. The Morgan fingerprint density at radius 1 is 1.12 bits per heavy atom. The Kier molecular flexibility index (Phi) is 4.65. The molecule has 1 N–H and O–H groups in total. The van der Waals surface area contributed by atoms with Crippen LogP contribution in [0.25, 0.3) is 5.69 Å². The van der Waals surface area contributed by atoms with Crippen LogP contribution in [0.15, 0.2) is 36.5 Å². The molecule has 0 saturated carbocycles. The lowest BCUT2D eigenvalue weighted by molar-refractivity contribution is 0.170. The second kappa shape index (κ2) is 7.05. The van der Waals surface area contributed by atoms with Crippen molar-refractivity contribution in [2.45, 2.75) is 25.9 Å². The maximum atomic E-state index is 4.70. The molecular formula is C19H27N5. The molecule has 2 saturated heterocycles. The van der Waals surface area contributed by atoms with Crippen LogP contribution in [0.5, 0.6) is 0 Å². The molecule has 0 amide bonds. The van der Waals surface area contributed by atoms with Crippen LogP contribution < -0.4 is 5.32 Å². The fraction of sp³-hybridized carbons (Fsp3) is 0.526. The minimum Gasteiger partial charge on any atom is -0.314 e. The number of aryl methyl sites for hydroxylation is 1. The molecule has 2 fully saturated rings. The Hall–Kier alpha value is -1.69. The van der Waals surface area contributed by atoms with Crippen molar-refractivity contribution in [3.63, 3.8) is 0 Å². The van der Waals surface area contributed by atoms with Crippen molar-refractivity contribution in [1.29, 1.82) is 0 Å². The van der Waals surface area contributed by atoms with Crippen molar-refractivity contribution in [2.24, 2.45) is 0 Å². The summed E-state index contributed by atoms with van der Waals surface area (Å²) in [5, 5.41) is 8.15.